The number of halogens is 2. The molecule has 3 aromatic rings. The summed E-state index contributed by atoms with van der Waals surface area (Å²) in [4.78, 5) is 0. The molecule has 0 bridgehead atoms. The van der Waals surface area contributed by atoms with Crippen LogP contribution in [-0.2, 0) is 18.8 Å². The molecule has 116 valence electrons. The number of furan rings is 1. The summed E-state index contributed by atoms with van der Waals surface area (Å²) in [6.45, 7) is 1.04. The third kappa shape index (κ3) is 3.63. The van der Waals surface area contributed by atoms with Crippen LogP contribution in [0.4, 0.5) is 8.78 Å². The zero-order valence-corrected chi connectivity index (χ0v) is 12.4. The molecule has 0 aliphatic carbocycles. The van der Waals surface area contributed by atoms with Crippen LogP contribution in [0.5, 0.6) is 0 Å². The Kier molecular flexibility index (Phi) is 4.69. The van der Waals surface area contributed by atoms with Gasteiger partial charge in [0, 0.05) is 6.20 Å². The second-order valence-electron chi connectivity index (χ2n) is 4.59. The summed E-state index contributed by atoms with van der Waals surface area (Å²) in [5, 5.41) is 11.4. The Morgan fingerprint density at radius 1 is 1.14 bits per heavy atom. The number of aromatic nitrogens is 3. The molecule has 0 aliphatic rings. The first-order valence-corrected chi connectivity index (χ1v) is 7.74. The van der Waals surface area contributed by atoms with Gasteiger partial charge in [-0.2, -0.15) is 8.78 Å². The minimum absolute atomic E-state index is 0.173. The van der Waals surface area contributed by atoms with Gasteiger partial charge in [0.25, 0.3) is 5.76 Å². The maximum absolute atomic E-state index is 12.1. The number of nitrogens with one attached hydrogen (secondary N) is 1. The fourth-order valence-electron chi connectivity index (χ4n) is 2.05. The van der Waals surface area contributed by atoms with Crippen molar-refractivity contribution in [2.24, 2.45) is 0 Å². The first-order valence-electron chi connectivity index (χ1n) is 6.69. The summed E-state index contributed by atoms with van der Waals surface area (Å²) < 4.78 is 31.6. The van der Waals surface area contributed by atoms with E-state index in [1.54, 1.807) is 12.1 Å². The lowest BCUT2D eigenvalue weighted by Gasteiger charge is -2.02. The van der Waals surface area contributed by atoms with Gasteiger partial charge in [-0.1, -0.05) is 17.8 Å². The van der Waals surface area contributed by atoms with E-state index in [1.807, 2.05) is 28.8 Å². The molecule has 0 radical (unpaired) electrons. The Balaban J connectivity index is 1.53. The number of pyridine rings is 1. The Bertz CT molecular complexity index is 743. The van der Waals surface area contributed by atoms with Crippen molar-refractivity contribution in [3.05, 3.63) is 53.9 Å². The molecular weight excluding hydrogens is 310 g/mol. The predicted molar refractivity (Wildman–Crippen MR) is 79.5 cm³/mol. The summed E-state index contributed by atoms with van der Waals surface area (Å²) >= 11 is 0.552. The van der Waals surface area contributed by atoms with Gasteiger partial charge in [-0.25, -0.2) is 0 Å². The van der Waals surface area contributed by atoms with Gasteiger partial charge >= 0.3 is 0 Å². The van der Waals surface area contributed by atoms with Crippen LogP contribution >= 0.6 is 11.8 Å². The minimum Gasteiger partial charge on any atom is -0.464 e. The van der Waals surface area contributed by atoms with E-state index in [2.05, 4.69) is 15.5 Å². The van der Waals surface area contributed by atoms with Crippen LogP contribution in [0.15, 0.2) is 40.9 Å². The highest BCUT2D eigenvalue weighted by Crippen LogP contribution is 2.21. The van der Waals surface area contributed by atoms with E-state index >= 15 is 0 Å². The van der Waals surface area contributed by atoms with Crippen molar-refractivity contribution in [3.63, 3.8) is 0 Å². The number of nitrogens with zero attached hydrogens (tertiary/aromatic N) is 3. The summed E-state index contributed by atoms with van der Waals surface area (Å²) in [7, 11) is 0. The standard InChI is InChI=1S/C14H14F2N4OS/c15-14(16)22-9-11-5-4-10(21-11)7-17-8-13-19-18-12-3-1-2-6-20(12)13/h1-6,14,17H,7-9H2. The van der Waals surface area contributed by atoms with Crippen molar-refractivity contribution in [2.75, 3.05) is 0 Å². The average Bonchev–Trinajstić information content (AvgIpc) is 3.13. The van der Waals surface area contributed by atoms with Gasteiger partial charge in [0.15, 0.2) is 11.5 Å². The zero-order chi connectivity index (χ0) is 15.4. The van der Waals surface area contributed by atoms with Gasteiger partial charge in [-0.05, 0) is 24.3 Å². The number of thioether (sulfide) groups is 1. The monoisotopic (exact) mass is 324 g/mol. The smallest absolute Gasteiger partial charge is 0.284 e. The molecule has 1 N–H and O–H groups in total. The number of alkyl halides is 2. The van der Waals surface area contributed by atoms with E-state index in [0.717, 1.165) is 11.5 Å². The van der Waals surface area contributed by atoms with Crippen LogP contribution in [0.2, 0.25) is 0 Å². The molecule has 0 spiro atoms. The molecule has 0 fully saturated rings. The molecule has 3 heterocycles. The third-order valence-corrected chi connectivity index (χ3v) is 3.74. The second-order valence-corrected chi connectivity index (χ2v) is 5.57. The quantitative estimate of drug-likeness (QED) is 0.724. The number of hydrogen-bond acceptors (Lipinski definition) is 5. The lowest BCUT2D eigenvalue weighted by Crippen LogP contribution is -2.14. The summed E-state index contributed by atoms with van der Waals surface area (Å²) in [6.07, 6.45) is 1.90. The molecule has 0 saturated carbocycles. The van der Waals surface area contributed by atoms with E-state index in [-0.39, 0.29) is 5.75 Å². The predicted octanol–water partition coefficient (Wildman–Crippen LogP) is 3.07. The molecule has 8 heteroatoms. The Morgan fingerprint density at radius 2 is 2.00 bits per heavy atom. The van der Waals surface area contributed by atoms with E-state index in [0.29, 0.717) is 36.4 Å². The van der Waals surface area contributed by atoms with E-state index < -0.39 is 5.76 Å². The van der Waals surface area contributed by atoms with Crippen molar-refractivity contribution in [1.82, 2.24) is 19.9 Å². The normalized spacial score (nSPS) is 11.6. The fraction of sp³-hybridized carbons (Fsp3) is 0.286. The Morgan fingerprint density at radius 3 is 2.86 bits per heavy atom. The molecule has 0 atom stereocenters. The lowest BCUT2D eigenvalue weighted by molar-refractivity contribution is 0.251. The van der Waals surface area contributed by atoms with Crippen molar-refractivity contribution in [3.8, 4) is 0 Å². The van der Waals surface area contributed by atoms with Gasteiger partial charge in [0.1, 0.15) is 11.5 Å². The molecule has 0 aliphatic heterocycles. The maximum atomic E-state index is 12.1. The van der Waals surface area contributed by atoms with Crippen LogP contribution in [0.1, 0.15) is 17.3 Å². The summed E-state index contributed by atoms with van der Waals surface area (Å²) in [5.74, 6) is -0.149. The molecular formula is C14H14F2N4OS. The van der Waals surface area contributed by atoms with Gasteiger partial charge < -0.3 is 9.73 Å². The van der Waals surface area contributed by atoms with Crippen molar-refractivity contribution in [1.29, 1.82) is 0 Å². The van der Waals surface area contributed by atoms with E-state index in [4.69, 9.17) is 4.42 Å². The van der Waals surface area contributed by atoms with Crippen LogP contribution in [-0.4, -0.2) is 20.4 Å². The summed E-state index contributed by atoms with van der Waals surface area (Å²) in [6, 6.07) is 9.22. The molecule has 22 heavy (non-hydrogen) atoms. The fourth-order valence-corrected chi connectivity index (χ4v) is 2.49. The first kappa shape index (κ1) is 15.0. The Labute approximate surface area is 129 Å². The maximum Gasteiger partial charge on any atom is 0.284 e. The van der Waals surface area contributed by atoms with Crippen LogP contribution < -0.4 is 5.32 Å². The van der Waals surface area contributed by atoms with Crippen molar-refractivity contribution in [2.45, 2.75) is 24.6 Å². The Hall–Kier alpha value is -1.93. The SMILES string of the molecule is FC(F)SCc1ccc(CNCc2nnc3ccccn23)o1. The zero-order valence-electron chi connectivity index (χ0n) is 11.6. The third-order valence-electron chi connectivity index (χ3n) is 3.04. The largest absolute Gasteiger partial charge is 0.464 e. The lowest BCUT2D eigenvalue weighted by atomic mass is 10.4. The minimum atomic E-state index is -2.38. The topological polar surface area (TPSA) is 55.4 Å². The van der Waals surface area contributed by atoms with E-state index in [9.17, 15) is 8.78 Å². The van der Waals surface area contributed by atoms with Crippen LogP contribution in [0.25, 0.3) is 5.65 Å². The van der Waals surface area contributed by atoms with Gasteiger partial charge in [-0.3, -0.25) is 4.40 Å². The van der Waals surface area contributed by atoms with Crippen LogP contribution in [0, 0.1) is 0 Å². The van der Waals surface area contributed by atoms with Crippen molar-refractivity contribution < 1.29 is 13.2 Å². The first-order chi connectivity index (χ1) is 10.7. The van der Waals surface area contributed by atoms with Crippen molar-refractivity contribution >= 4 is 17.4 Å². The highest BCUT2D eigenvalue weighted by atomic mass is 32.2. The molecule has 0 unspecified atom stereocenters. The number of hydrogen-bond donors (Lipinski definition) is 1. The molecule has 3 aromatic heterocycles. The average molecular weight is 324 g/mol. The van der Waals surface area contributed by atoms with Gasteiger partial charge in [-0.15, -0.1) is 10.2 Å². The van der Waals surface area contributed by atoms with Gasteiger partial charge in [0.2, 0.25) is 0 Å². The molecule has 5 nitrogen and oxygen atoms in total. The second kappa shape index (κ2) is 6.89. The van der Waals surface area contributed by atoms with Crippen LogP contribution in [0.3, 0.4) is 0 Å². The molecule has 3 rings (SSSR count). The van der Waals surface area contributed by atoms with Gasteiger partial charge in [0.05, 0.1) is 18.8 Å². The number of fused-ring (bicyclic) bond motifs is 1. The summed E-state index contributed by atoms with van der Waals surface area (Å²) in [5.41, 5.74) is 0.795. The molecule has 0 saturated heterocycles. The highest BCUT2D eigenvalue weighted by Gasteiger charge is 2.08. The molecule has 0 amide bonds. The highest BCUT2D eigenvalue weighted by molar-refractivity contribution is 7.98. The number of rotatable bonds is 7. The van der Waals surface area contributed by atoms with E-state index in [1.165, 1.54) is 0 Å². The molecule has 0 aromatic carbocycles.